The highest BCUT2D eigenvalue weighted by Crippen LogP contribution is 2.17. The van der Waals surface area contributed by atoms with E-state index in [9.17, 15) is 0 Å². The molecule has 114 valence electrons. The van der Waals surface area contributed by atoms with Crippen molar-refractivity contribution in [3.8, 4) is 0 Å². The lowest BCUT2D eigenvalue weighted by Gasteiger charge is -2.23. The minimum absolute atomic E-state index is 0.0824. The zero-order valence-corrected chi connectivity index (χ0v) is 14.1. The molecule has 2 aromatic rings. The van der Waals surface area contributed by atoms with Crippen molar-refractivity contribution in [3.63, 3.8) is 0 Å². The third-order valence-corrected chi connectivity index (χ3v) is 3.97. The molecule has 2 heterocycles. The van der Waals surface area contributed by atoms with Gasteiger partial charge in [0.1, 0.15) is 5.82 Å². The van der Waals surface area contributed by atoms with E-state index in [1.54, 1.807) is 11.3 Å². The molecular weight excluding hydrogens is 280 g/mol. The summed E-state index contributed by atoms with van der Waals surface area (Å²) in [6.45, 7) is 11.1. The van der Waals surface area contributed by atoms with Crippen LogP contribution in [0, 0.1) is 0 Å². The van der Waals surface area contributed by atoms with E-state index in [-0.39, 0.29) is 5.54 Å². The van der Waals surface area contributed by atoms with Gasteiger partial charge in [-0.3, -0.25) is 4.98 Å². The monoisotopic (exact) mass is 304 g/mol. The summed E-state index contributed by atoms with van der Waals surface area (Å²) >= 11 is 1.78. The van der Waals surface area contributed by atoms with Gasteiger partial charge in [0.05, 0.1) is 18.4 Å². The molecule has 0 amide bonds. The number of hydrogen-bond acceptors (Lipinski definition) is 5. The molecule has 0 radical (unpaired) electrons. The summed E-state index contributed by atoms with van der Waals surface area (Å²) in [6, 6.07) is 4.24. The number of hydrogen-bond donors (Lipinski definition) is 1. The molecule has 1 N–H and O–H groups in total. The summed E-state index contributed by atoms with van der Waals surface area (Å²) in [5, 5.41) is 5.56. The number of thiophene rings is 1. The van der Waals surface area contributed by atoms with Crippen LogP contribution in [0.25, 0.3) is 0 Å². The quantitative estimate of drug-likeness (QED) is 0.887. The van der Waals surface area contributed by atoms with Crippen LogP contribution in [0.15, 0.2) is 29.9 Å². The number of aromatic nitrogens is 2. The van der Waals surface area contributed by atoms with E-state index in [2.05, 4.69) is 60.4 Å². The van der Waals surface area contributed by atoms with Gasteiger partial charge in [-0.05, 0) is 39.1 Å². The second-order valence-electron chi connectivity index (χ2n) is 6.07. The highest BCUT2D eigenvalue weighted by molar-refractivity contribution is 7.09. The molecule has 0 aliphatic carbocycles. The lowest BCUT2D eigenvalue weighted by Crippen LogP contribution is -2.35. The van der Waals surface area contributed by atoms with Gasteiger partial charge >= 0.3 is 0 Å². The first-order chi connectivity index (χ1) is 9.98. The Labute approximate surface area is 131 Å². The standard InChI is InChI=1S/C16H24N4S/c1-5-20(12-14-7-6-8-21-14)15-11-17-9-13(19-15)10-18-16(2,3)4/h6-9,11,18H,5,10,12H2,1-4H3. The number of nitrogens with zero attached hydrogens (tertiary/aromatic N) is 3. The van der Waals surface area contributed by atoms with Crippen LogP contribution in [-0.4, -0.2) is 22.1 Å². The third kappa shape index (κ3) is 5.10. The maximum absolute atomic E-state index is 4.73. The fourth-order valence-corrected chi connectivity index (χ4v) is 2.65. The lowest BCUT2D eigenvalue weighted by molar-refractivity contribution is 0.421. The molecule has 0 atom stereocenters. The summed E-state index contributed by atoms with van der Waals surface area (Å²) in [4.78, 5) is 12.7. The van der Waals surface area contributed by atoms with E-state index in [0.29, 0.717) is 0 Å². The van der Waals surface area contributed by atoms with Crippen molar-refractivity contribution in [2.75, 3.05) is 11.4 Å². The van der Waals surface area contributed by atoms with E-state index in [4.69, 9.17) is 4.98 Å². The van der Waals surface area contributed by atoms with Crippen molar-refractivity contribution in [1.82, 2.24) is 15.3 Å². The van der Waals surface area contributed by atoms with Crippen LogP contribution in [0.2, 0.25) is 0 Å². The van der Waals surface area contributed by atoms with Gasteiger partial charge < -0.3 is 10.2 Å². The molecule has 0 saturated carbocycles. The van der Waals surface area contributed by atoms with Crippen molar-refractivity contribution in [2.24, 2.45) is 0 Å². The molecule has 2 aromatic heterocycles. The molecule has 0 aliphatic heterocycles. The summed E-state index contributed by atoms with van der Waals surface area (Å²) < 4.78 is 0. The van der Waals surface area contributed by atoms with Gasteiger partial charge in [-0.15, -0.1) is 11.3 Å². The fraction of sp³-hybridized carbons (Fsp3) is 0.500. The van der Waals surface area contributed by atoms with Gasteiger partial charge in [0.15, 0.2) is 0 Å². The molecule has 0 saturated heterocycles. The minimum Gasteiger partial charge on any atom is -0.350 e. The minimum atomic E-state index is 0.0824. The van der Waals surface area contributed by atoms with Gasteiger partial charge in [-0.25, -0.2) is 4.98 Å². The second-order valence-corrected chi connectivity index (χ2v) is 7.10. The van der Waals surface area contributed by atoms with Crippen LogP contribution in [-0.2, 0) is 13.1 Å². The first kappa shape index (κ1) is 15.9. The highest BCUT2D eigenvalue weighted by Gasteiger charge is 2.11. The first-order valence-corrected chi connectivity index (χ1v) is 8.19. The zero-order chi connectivity index (χ0) is 15.3. The zero-order valence-electron chi connectivity index (χ0n) is 13.3. The Morgan fingerprint density at radius 3 is 2.71 bits per heavy atom. The lowest BCUT2D eigenvalue weighted by atomic mass is 10.1. The van der Waals surface area contributed by atoms with Gasteiger partial charge in [0, 0.05) is 29.7 Å². The molecule has 2 rings (SSSR count). The van der Waals surface area contributed by atoms with Crippen LogP contribution in [0.4, 0.5) is 5.82 Å². The Morgan fingerprint density at radius 1 is 1.29 bits per heavy atom. The van der Waals surface area contributed by atoms with Crippen molar-refractivity contribution in [1.29, 1.82) is 0 Å². The fourth-order valence-electron chi connectivity index (χ4n) is 1.93. The van der Waals surface area contributed by atoms with Crippen LogP contribution in [0.3, 0.4) is 0 Å². The molecule has 21 heavy (non-hydrogen) atoms. The second kappa shape index (κ2) is 7.00. The Kier molecular flexibility index (Phi) is 5.31. The van der Waals surface area contributed by atoms with E-state index >= 15 is 0 Å². The molecule has 0 fully saturated rings. The topological polar surface area (TPSA) is 41.1 Å². The van der Waals surface area contributed by atoms with Crippen molar-refractivity contribution in [3.05, 3.63) is 40.5 Å². The summed E-state index contributed by atoms with van der Waals surface area (Å²) in [6.07, 6.45) is 3.68. The third-order valence-electron chi connectivity index (χ3n) is 3.10. The van der Waals surface area contributed by atoms with E-state index in [0.717, 1.165) is 31.1 Å². The van der Waals surface area contributed by atoms with E-state index in [1.807, 2.05) is 12.4 Å². The van der Waals surface area contributed by atoms with Crippen LogP contribution >= 0.6 is 11.3 Å². The predicted octanol–water partition coefficient (Wildman–Crippen LogP) is 3.45. The predicted molar refractivity (Wildman–Crippen MR) is 89.7 cm³/mol. The van der Waals surface area contributed by atoms with Gasteiger partial charge in [-0.1, -0.05) is 6.07 Å². The first-order valence-electron chi connectivity index (χ1n) is 7.31. The SMILES string of the molecule is CCN(Cc1cccs1)c1cncc(CNC(C)(C)C)n1. The average Bonchev–Trinajstić information content (AvgIpc) is 2.95. The van der Waals surface area contributed by atoms with Crippen LogP contribution in [0.5, 0.6) is 0 Å². The Bertz CT molecular complexity index is 546. The average molecular weight is 304 g/mol. The molecule has 4 nitrogen and oxygen atoms in total. The van der Waals surface area contributed by atoms with Crippen molar-refractivity contribution < 1.29 is 0 Å². The van der Waals surface area contributed by atoms with E-state index < -0.39 is 0 Å². The van der Waals surface area contributed by atoms with Crippen molar-refractivity contribution >= 4 is 17.2 Å². The normalized spacial score (nSPS) is 11.6. The maximum Gasteiger partial charge on any atom is 0.147 e. The van der Waals surface area contributed by atoms with Crippen LogP contribution in [0.1, 0.15) is 38.3 Å². The Hall–Kier alpha value is -1.46. The molecule has 0 unspecified atom stereocenters. The number of anilines is 1. The molecule has 0 aromatic carbocycles. The number of rotatable bonds is 6. The molecule has 0 bridgehead atoms. The maximum atomic E-state index is 4.73. The summed E-state index contributed by atoms with van der Waals surface area (Å²) in [5.41, 5.74) is 1.06. The summed E-state index contributed by atoms with van der Waals surface area (Å²) in [7, 11) is 0. The summed E-state index contributed by atoms with van der Waals surface area (Å²) in [5.74, 6) is 0.944. The smallest absolute Gasteiger partial charge is 0.147 e. The van der Waals surface area contributed by atoms with E-state index in [1.165, 1.54) is 4.88 Å². The Morgan fingerprint density at radius 2 is 2.10 bits per heavy atom. The molecule has 5 heteroatoms. The van der Waals surface area contributed by atoms with Crippen molar-refractivity contribution in [2.45, 2.75) is 46.3 Å². The number of nitrogens with one attached hydrogen (secondary N) is 1. The van der Waals surface area contributed by atoms with Gasteiger partial charge in [0.2, 0.25) is 0 Å². The molecular formula is C16H24N4S. The van der Waals surface area contributed by atoms with Gasteiger partial charge in [-0.2, -0.15) is 0 Å². The van der Waals surface area contributed by atoms with Crippen LogP contribution < -0.4 is 10.2 Å². The Balaban J connectivity index is 2.07. The largest absolute Gasteiger partial charge is 0.350 e. The highest BCUT2D eigenvalue weighted by atomic mass is 32.1. The van der Waals surface area contributed by atoms with Gasteiger partial charge in [0.25, 0.3) is 0 Å². The molecule has 0 aliphatic rings. The molecule has 0 spiro atoms.